The number of hydrogen-bond donors (Lipinski definition) is 1. The Hall–Kier alpha value is -3.28. The zero-order valence-electron chi connectivity index (χ0n) is 16.1. The predicted molar refractivity (Wildman–Crippen MR) is 107 cm³/mol. The molecule has 0 saturated heterocycles. The molecule has 0 aromatic heterocycles. The summed E-state index contributed by atoms with van der Waals surface area (Å²) in [6.07, 6.45) is 0. The van der Waals surface area contributed by atoms with Crippen LogP contribution >= 0.6 is 0 Å². The van der Waals surface area contributed by atoms with Crippen molar-refractivity contribution in [1.82, 2.24) is 0 Å². The Labute approximate surface area is 158 Å². The third-order valence-corrected chi connectivity index (χ3v) is 4.51. The maximum absolute atomic E-state index is 6.21. The fraction of sp³-hybridized carbons (Fsp3) is 0.238. The van der Waals surface area contributed by atoms with Crippen LogP contribution in [0.4, 0.5) is 5.69 Å². The van der Waals surface area contributed by atoms with E-state index in [0.717, 1.165) is 21.9 Å². The van der Waals surface area contributed by atoms with Crippen molar-refractivity contribution in [2.24, 2.45) is 0 Å². The van der Waals surface area contributed by atoms with E-state index < -0.39 is 0 Å². The highest BCUT2D eigenvalue weighted by Crippen LogP contribution is 2.49. The lowest BCUT2D eigenvalue weighted by molar-refractivity contribution is 0.324. The van der Waals surface area contributed by atoms with Crippen LogP contribution in [0.3, 0.4) is 0 Å². The number of benzene rings is 3. The topological polar surface area (TPSA) is 72.2 Å². The molecule has 0 saturated carbocycles. The Morgan fingerprint density at radius 3 is 1.70 bits per heavy atom. The molecular weight excluding hydrogens is 346 g/mol. The summed E-state index contributed by atoms with van der Waals surface area (Å²) in [6, 6.07) is 11.4. The first-order valence-corrected chi connectivity index (χ1v) is 8.33. The number of methoxy groups -OCH3 is 5. The van der Waals surface area contributed by atoms with E-state index >= 15 is 0 Å². The lowest BCUT2D eigenvalue weighted by atomic mass is 9.95. The van der Waals surface area contributed by atoms with E-state index in [1.807, 2.05) is 36.4 Å². The van der Waals surface area contributed by atoms with Crippen LogP contribution < -0.4 is 29.4 Å². The molecule has 0 radical (unpaired) electrons. The van der Waals surface area contributed by atoms with Gasteiger partial charge in [0.2, 0.25) is 5.75 Å². The van der Waals surface area contributed by atoms with E-state index in [4.69, 9.17) is 29.4 Å². The molecule has 0 heterocycles. The van der Waals surface area contributed by atoms with Gasteiger partial charge >= 0.3 is 0 Å². The van der Waals surface area contributed by atoms with E-state index in [1.165, 1.54) is 0 Å². The van der Waals surface area contributed by atoms with Crippen molar-refractivity contribution >= 4 is 16.5 Å². The molecule has 0 aliphatic carbocycles. The minimum atomic E-state index is 0.523. The second-order valence-electron chi connectivity index (χ2n) is 5.84. The van der Waals surface area contributed by atoms with Gasteiger partial charge in [0.05, 0.1) is 35.5 Å². The smallest absolute Gasteiger partial charge is 0.203 e. The van der Waals surface area contributed by atoms with Crippen molar-refractivity contribution < 1.29 is 23.7 Å². The summed E-state index contributed by atoms with van der Waals surface area (Å²) in [5.74, 6) is 2.81. The predicted octanol–water partition coefficient (Wildman–Crippen LogP) is 4.13. The van der Waals surface area contributed by atoms with Gasteiger partial charge in [-0.15, -0.1) is 0 Å². The Kier molecular flexibility index (Phi) is 5.16. The van der Waals surface area contributed by atoms with Crippen LogP contribution in [0.2, 0.25) is 0 Å². The third-order valence-electron chi connectivity index (χ3n) is 4.51. The normalized spacial score (nSPS) is 10.6. The minimum absolute atomic E-state index is 0.523. The first kappa shape index (κ1) is 18.5. The van der Waals surface area contributed by atoms with Crippen molar-refractivity contribution in [2.75, 3.05) is 41.3 Å². The zero-order chi connectivity index (χ0) is 19.6. The molecule has 0 unspecified atom stereocenters. The number of ether oxygens (including phenoxy) is 5. The average molecular weight is 369 g/mol. The maximum Gasteiger partial charge on any atom is 0.203 e. The lowest BCUT2D eigenvalue weighted by Gasteiger charge is -2.19. The molecule has 6 nitrogen and oxygen atoms in total. The average Bonchev–Trinajstić information content (AvgIpc) is 2.71. The Bertz CT molecular complexity index is 959. The molecule has 0 bridgehead atoms. The quantitative estimate of drug-likeness (QED) is 0.659. The SMILES string of the molecule is COc1cc(-c2c(OC)c(OC)cc3c(N)cccc23)cc(OC)c1OC. The molecule has 3 aromatic carbocycles. The Morgan fingerprint density at radius 2 is 1.19 bits per heavy atom. The highest BCUT2D eigenvalue weighted by Gasteiger charge is 2.21. The molecule has 0 fully saturated rings. The first-order chi connectivity index (χ1) is 13.1. The Morgan fingerprint density at radius 1 is 0.630 bits per heavy atom. The summed E-state index contributed by atoms with van der Waals surface area (Å²) in [5, 5.41) is 1.81. The van der Waals surface area contributed by atoms with Crippen LogP contribution in [0.1, 0.15) is 0 Å². The number of rotatable bonds is 6. The van der Waals surface area contributed by atoms with E-state index in [-0.39, 0.29) is 0 Å². The van der Waals surface area contributed by atoms with Gasteiger partial charge in [0, 0.05) is 16.6 Å². The molecule has 27 heavy (non-hydrogen) atoms. The van der Waals surface area contributed by atoms with Crippen molar-refractivity contribution in [3.8, 4) is 39.9 Å². The van der Waals surface area contributed by atoms with Crippen molar-refractivity contribution in [3.63, 3.8) is 0 Å². The van der Waals surface area contributed by atoms with Crippen LogP contribution in [0, 0.1) is 0 Å². The number of nitrogen functional groups attached to an aromatic ring is 1. The highest BCUT2D eigenvalue weighted by atomic mass is 16.5. The lowest BCUT2D eigenvalue weighted by Crippen LogP contribution is -1.99. The van der Waals surface area contributed by atoms with Crippen LogP contribution in [-0.4, -0.2) is 35.5 Å². The number of hydrogen-bond acceptors (Lipinski definition) is 6. The molecule has 3 rings (SSSR count). The van der Waals surface area contributed by atoms with Gasteiger partial charge in [-0.25, -0.2) is 0 Å². The molecule has 0 amide bonds. The van der Waals surface area contributed by atoms with E-state index in [1.54, 1.807) is 35.5 Å². The standard InChI is InChI=1S/C21H23NO5/c1-23-16-9-12(10-17(24-2)20(16)26-4)19-13-7-6-8-15(22)14(13)11-18(25-3)21(19)27-5/h6-11H,22H2,1-5H3. The largest absolute Gasteiger partial charge is 0.493 e. The fourth-order valence-electron chi connectivity index (χ4n) is 3.27. The van der Waals surface area contributed by atoms with E-state index in [2.05, 4.69) is 0 Å². The van der Waals surface area contributed by atoms with Crippen molar-refractivity contribution in [2.45, 2.75) is 0 Å². The zero-order valence-corrected chi connectivity index (χ0v) is 16.1. The monoisotopic (exact) mass is 369 g/mol. The summed E-state index contributed by atoms with van der Waals surface area (Å²) in [6.45, 7) is 0. The van der Waals surface area contributed by atoms with Crippen LogP contribution in [0.5, 0.6) is 28.7 Å². The molecule has 0 spiro atoms. The van der Waals surface area contributed by atoms with E-state index in [9.17, 15) is 0 Å². The summed E-state index contributed by atoms with van der Waals surface area (Å²) in [5.41, 5.74) is 8.53. The van der Waals surface area contributed by atoms with Gasteiger partial charge in [-0.1, -0.05) is 12.1 Å². The minimum Gasteiger partial charge on any atom is -0.493 e. The molecule has 0 atom stereocenters. The summed E-state index contributed by atoms with van der Waals surface area (Å²) in [4.78, 5) is 0. The third kappa shape index (κ3) is 3.03. The van der Waals surface area contributed by atoms with E-state index in [0.29, 0.717) is 34.4 Å². The fourth-order valence-corrected chi connectivity index (χ4v) is 3.27. The molecule has 142 valence electrons. The summed E-state index contributed by atoms with van der Waals surface area (Å²) < 4.78 is 27.7. The van der Waals surface area contributed by atoms with Gasteiger partial charge in [0.25, 0.3) is 0 Å². The molecular formula is C21H23NO5. The second-order valence-corrected chi connectivity index (χ2v) is 5.84. The van der Waals surface area contributed by atoms with Gasteiger partial charge in [-0.05, 0) is 35.2 Å². The van der Waals surface area contributed by atoms with Gasteiger partial charge in [0.1, 0.15) is 0 Å². The van der Waals surface area contributed by atoms with Crippen molar-refractivity contribution in [1.29, 1.82) is 0 Å². The van der Waals surface area contributed by atoms with Crippen molar-refractivity contribution in [3.05, 3.63) is 36.4 Å². The number of fused-ring (bicyclic) bond motifs is 1. The van der Waals surface area contributed by atoms with Crippen LogP contribution in [0.15, 0.2) is 36.4 Å². The van der Waals surface area contributed by atoms with Crippen LogP contribution in [-0.2, 0) is 0 Å². The van der Waals surface area contributed by atoms with Gasteiger partial charge in [-0.2, -0.15) is 0 Å². The summed E-state index contributed by atoms with van der Waals surface area (Å²) in [7, 11) is 7.95. The van der Waals surface area contributed by atoms with Crippen LogP contribution in [0.25, 0.3) is 21.9 Å². The molecule has 3 aromatic rings. The molecule has 6 heteroatoms. The molecule has 2 N–H and O–H groups in total. The second kappa shape index (κ2) is 7.53. The van der Waals surface area contributed by atoms with Gasteiger partial charge < -0.3 is 29.4 Å². The summed E-state index contributed by atoms with van der Waals surface area (Å²) >= 11 is 0. The first-order valence-electron chi connectivity index (χ1n) is 8.33. The maximum atomic E-state index is 6.21. The number of nitrogens with two attached hydrogens (primary N) is 1. The highest BCUT2D eigenvalue weighted by molar-refractivity contribution is 6.06. The number of anilines is 1. The van der Waals surface area contributed by atoms with Gasteiger partial charge in [0.15, 0.2) is 23.0 Å². The molecule has 0 aliphatic heterocycles. The molecule has 0 aliphatic rings. The Balaban J connectivity index is 2.45. The van der Waals surface area contributed by atoms with Gasteiger partial charge in [-0.3, -0.25) is 0 Å².